The number of rotatable bonds is 11. The van der Waals surface area contributed by atoms with Crippen molar-refractivity contribution in [2.24, 2.45) is 5.41 Å². The molecule has 1 atom stereocenters. The maximum Gasteiger partial charge on any atom is 0.336 e. The topological polar surface area (TPSA) is 138 Å². The summed E-state index contributed by atoms with van der Waals surface area (Å²) in [4.78, 5) is 44.9. The van der Waals surface area contributed by atoms with Gasteiger partial charge in [-0.3, -0.25) is 14.4 Å². The zero-order chi connectivity index (χ0) is 19.0. The zero-order valence-corrected chi connectivity index (χ0v) is 14.3. The molecule has 0 heterocycles. The smallest absolute Gasteiger partial charge is 0.336 e. The molecule has 0 bridgehead atoms. The molecule has 24 heavy (non-hydrogen) atoms. The SMILES string of the molecule is CCC(CC)(CC)CCC(=O)OC(=O)CC(O)(CC(=O)O)C(=O)O. The lowest BCUT2D eigenvalue weighted by molar-refractivity contribution is -0.174. The normalized spacial score (nSPS) is 13.8. The van der Waals surface area contributed by atoms with Crippen LogP contribution in [0.3, 0.4) is 0 Å². The molecule has 0 amide bonds. The molecule has 3 N–H and O–H groups in total. The van der Waals surface area contributed by atoms with Gasteiger partial charge in [-0.2, -0.15) is 0 Å². The Labute approximate surface area is 140 Å². The van der Waals surface area contributed by atoms with Crippen LogP contribution in [0, 0.1) is 5.41 Å². The fourth-order valence-corrected chi connectivity index (χ4v) is 2.56. The molecule has 0 spiro atoms. The number of carbonyl (C=O) groups is 4. The van der Waals surface area contributed by atoms with Gasteiger partial charge in [0.2, 0.25) is 0 Å². The van der Waals surface area contributed by atoms with Crippen molar-refractivity contribution in [3.63, 3.8) is 0 Å². The van der Waals surface area contributed by atoms with E-state index in [9.17, 15) is 24.3 Å². The van der Waals surface area contributed by atoms with E-state index in [-0.39, 0.29) is 11.8 Å². The van der Waals surface area contributed by atoms with Gasteiger partial charge in [0.15, 0.2) is 5.60 Å². The molecule has 0 aliphatic rings. The number of carboxylic acid groups (broad SMARTS) is 2. The molecule has 0 rings (SSSR count). The first kappa shape index (κ1) is 22.0. The van der Waals surface area contributed by atoms with Crippen molar-refractivity contribution in [1.82, 2.24) is 0 Å². The van der Waals surface area contributed by atoms with Crippen LogP contribution in [0.15, 0.2) is 0 Å². The first-order chi connectivity index (χ1) is 11.0. The molecule has 8 heteroatoms. The summed E-state index contributed by atoms with van der Waals surface area (Å²) in [6, 6.07) is 0. The molecule has 0 radical (unpaired) electrons. The highest BCUT2D eigenvalue weighted by molar-refractivity contribution is 5.92. The molecule has 0 fully saturated rings. The molecule has 0 aromatic heterocycles. The van der Waals surface area contributed by atoms with Crippen LogP contribution in [-0.4, -0.2) is 44.8 Å². The minimum atomic E-state index is -2.80. The summed E-state index contributed by atoms with van der Waals surface area (Å²) in [7, 11) is 0. The van der Waals surface area contributed by atoms with Gasteiger partial charge in [-0.25, -0.2) is 4.79 Å². The number of carboxylic acids is 2. The van der Waals surface area contributed by atoms with Crippen LogP contribution < -0.4 is 0 Å². The van der Waals surface area contributed by atoms with Gasteiger partial charge in [-0.1, -0.05) is 40.0 Å². The highest BCUT2D eigenvalue weighted by Gasteiger charge is 2.42. The fourth-order valence-electron chi connectivity index (χ4n) is 2.56. The van der Waals surface area contributed by atoms with Crippen LogP contribution in [0.2, 0.25) is 0 Å². The van der Waals surface area contributed by atoms with Gasteiger partial charge < -0.3 is 20.1 Å². The fraction of sp³-hybridized carbons (Fsp3) is 0.750. The lowest BCUT2D eigenvalue weighted by atomic mass is 9.76. The number of aliphatic carboxylic acids is 2. The maximum absolute atomic E-state index is 11.7. The van der Waals surface area contributed by atoms with E-state index in [1.807, 2.05) is 20.8 Å². The van der Waals surface area contributed by atoms with E-state index in [0.29, 0.717) is 6.42 Å². The van der Waals surface area contributed by atoms with Crippen LogP contribution in [-0.2, 0) is 23.9 Å². The van der Waals surface area contributed by atoms with Crippen molar-refractivity contribution >= 4 is 23.9 Å². The summed E-state index contributed by atoms with van der Waals surface area (Å²) in [6.07, 6.45) is 0.861. The number of carbonyl (C=O) groups excluding carboxylic acids is 2. The van der Waals surface area contributed by atoms with Crippen molar-refractivity contribution in [3.05, 3.63) is 0 Å². The molecular formula is C16H26O8. The molecular weight excluding hydrogens is 320 g/mol. The second-order valence-corrected chi connectivity index (χ2v) is 5.99. The van der Waals surface area contributed by atoms with Crippen LogP contribution in [0.25, 0.3) is 0 Å². The summed E-state index contributed by atoms with van der Waals surface area (Å²) in [5.41, 5.74) is -2.82. The van der Waals surface area contributed by atoms with Crippen LogP contribution in [0.4, 0.5) is 0 Å². The third-order valence-electron chi connectivity index (χ3n) is 4.62. The van der Waals surface area contributed by atoms with Gasteiger partial charge >= 0.3 is 23.9 Å². The summed E-state index contributed by atoms with van der Waals surface area (Å²) >= 11 is 0. The molecule has 0 aliphatic heterocycles. The number of hydrogen-bond donors (Lipinski definition) is 3. The third kappa shape index (κ3) is 6.66. The zero-order valence-electron chi connectivity index (χ0n) is 14.3. The standard InChI is InChI=1S/C16H26O8/c1-4-15(5-2,6-3)8-7-12(19)24-13(20)10-16(23,14(21)22)9-11(17)18/h23H,4-10H2,1-3H3,(H,17,18)(H,21,22). The van der Waals surface area contributed by atoms with E-state index in [1.165, 1.54) is 0 Å². The Hall–Kier alpha value is -1.96. The van der Waals surface area contributed by atoms with Crippen molar-refractivity contribution in [3.8, 4) is 0 Å². The monoisotopic (exact) mass is 346 g/mol. The van der Waals surface area contributed by atoms with Gasteiger partial charge in [0.1, 0.15) is 0 Å². The van der Waals surface area contributed by atoms with Crippen LogP contribution in [0.1, 0.15) is 65.7 Å². The van der Waals surface area contributed by atoms with E-state index in [2.05, 4.69) is 4.74 Å². The van der Waals surface area contributed by atoms with Gasteiger partial charge in [0.05, 0.1) is 12.8 Å². The second-order valence-electron chi connectivity index (χ2n) is 5.99. The van der Waals surface area contributed by atoms with E-state index in [0.717, 1.165) is 19.3 Å². The Kier molecular flexibility index (Phi) is 8.60. The highest BCUT2D eigenvalue weighted by Crippen LogP contribution is 2.35. The molecule has 0 saturated heterocycles. The average Bonchev–Trinajstić information content (AvgIpc) is 2.47. The van der Waals surface area contributed by atoms with Crippen molar-refractivity contribution in [2.75, 3.05) is 0 Å². The number of esters is 2. The number of ether oxygens (including phenoxy) is 1. The van der Waals surface area contributed by atoms with Crippen LogP contribution in [0.5, 0.6) is 0 Å². The molecule has 0 aromatic rings. The lowest BCUT2D eigenvalue weighted by Gasteiger charge is -2.30. The van der Waals surface area contributed by atoms with Gasteiger partial charge in [0.25, 0.3) is 0 Å². The van der Waals surface area contributed by atoms with E-state index >= 15 is 0 Å². The first-order valence-electron chi connectivity index (χ1n) is 7.95. The Morgan fingerprint density at radius 1 is 0.875 bits per heavy atom. The van der Waals surface area contributed by atoms with Crippen molar-refractivity contribution in [2.45, 2.75) is 71.3 Å². The second kappa shape index (κ2) is 9.36. The number of aliphatic hydroxyl groups is 1. The number of hydrogen-bond acceptors (Lipinski definition) is 6. The molecule has 8 nitrogen and oxygen atoms in total. The van der Waals surface area contributed by atoms with E-state index in [1.54, 1.807) is 0 Å². The minimum Gasteiger partial charge on any atom is -0.481 e. The van der Waals surface area contributed by atoms with Crippen molar-refractivity contribution in [1.29, 1.82) is 0 Å². The molecule has 0 saturated carbocycles. The molecule has 0 aromatic carbocycles. The quantitative estimate of drug-likeness (QED) is 0.380. The van der Waals surface area contributed by atoms with Gasteiger partial charge in [0, 0.05) is 6.42 Å². The summed E-state index contributed by atoms with van der Waals surface area (Å²) in [6.45, 7) is 6.05. The summed E-state index contributed by atoms with van der Waals surface area (Å²) in [5.74, 6) is -5.53. The predicted molar refractivity (Wildman–Crippen MR) is 83.1 cm³/mol. The molecule has 138 valence electrons. The third-order valence-corrected chi connectivity index (χ3v) is 4.62. The Bertz CT molecular complexity index is 472. The largest absolute Gasteiger partial charge is 0.481 e. The lowest BCUT2D eigenvalue weighted by Crippen LogP contribution is -2.43. The minimum absolute atomic E-state index is 0.00824. The Balaban J connectivity index is 4.68. The first-order valence-corrected chi connectivity index (χ1v) is 7.95. The van der Waals surface area contributed by atoms with Gasteiger partial charge in [-0.15, -0.1) is 0 Å². The molecule has 0 aliphatic carbocycles. The average molecular weight is 346 g/mol. The van der Waals surface area contributed by atoms with E-state index < -0.39 is 42.3 Å². The van der Waals surface area contributed by atoms with Crippen LogP contribution >= 0.6 is 0 Å². The highest BCUT2D eigenvalue weighted by atomic mass is 16.6. The Morgan fingerprint density at radius 2 is 1.38 bits per heavy atom. The van der Waals surface area contributed by atoms with E-state index in [4.69, 9.17) is 10.2 Å². The Morgan fingerprint density at radius 3 is 1.75 bits per heavy atom. The predicted octanol–water partition coefficient (Wildman–Crippen LogP) is 1.73. The van der Waals surface area contributed by atoms with Crippen molar-refractivity contribution < 1.29 is 39.2 Å². The summed E-state index contributed by atoms with van der Waals surface area (Å²) < 4.78 is 4.51. The summed E-state index contributed by atoms with van der Waals surface area (Å²) in [5, 5.41) is 27.2. The molecule has 1 unspecified atom stereocenters. The maximum atomic E-state index is 11.7. The van der Waals surface area contributed by atoms with Gasteiger partial charge in [-0.05, 0) is 11.8 Å².